The van der Waals surface area contributed by atoms with Gasteiger partial charge >= 0.3 is 29.6 Å². The van der Waals surface area contributed by atoms with Crippen molar-refractivity contribution in [2.24, 2.45) is 0 Å². The molecule has 2 rings (SSSR count). The number of ether oxygens (including phenoxy) is 2. The van der Waals surface area contributed by atoms with Crippen LogP contribution in [0.2, 0.25) is 0 Å². The summed E-state index contributed by atoms with van der Waals surface area (Å²) in [5.41, 5.74) is -0.789. The van der Waals surface area contributed by atoms with E-state index in [2.05, 4.69) is 0 Å². The standard InChI is InChI=1S/C15H14O8S.Na.H/c1-22-13-12(18)11(17)9(10(16)8-6-4-3-5-7-8)15(14(13)23-2)24(19,20)21;;/h3-7,17-18H,1-2H3,(H,19,20,21);;. The molecule has 0 heterocycles. The molecule has 0 amide bonds. The molecule has 0 aliphatic carbocycles. The molecule has 0 saturated carbocycles. The van der Waals surface area contributed by atoms with Gasteiger partial charge in [0.25, 0.3) is 10.1 Å². The zero-order valence-electron chi connectivity index (χ0n) is 12.7. The minimum atomic E-state index is -5.00. The Morgan fingerprint density at radius 2 is 1.48 bits per heavy atom. The maximum atomic E-state index is 12.6. The number of benzene rings is 2. The van der Waals surface area contributed by atoms with Crippen molar-refractivity contribution in [2.45, 2.75) is 4.90 Å². The van der Waals surface area contributed by atoms with E-state index in [1.807, 2.05) is 0 Å². The van der Waals surface area contributed by atoms with E-state index in [1.54, 1.807) is 6.07 Å². The van der Waals surface area contributed by atoms with Crippen molar-refractivity contribution >= 4 is 45.5 Å². The van der Waals surface area contributed by atoms with E-state index < -0.39 is 49.4 Å². The molecule has 0 unspecified atom stereocenters. The molecule has 0 aliphatic rings. The summed E-state index contributed by atoms with van der Waals surface area (Å²) in [6.45, 7) is 0. The first-order chi connectivity index (χ1) is 11.2. The van der Waals surface area contributed by atoms with Crippen LogP contribution in [0, 0.1) is 0 Å². The predicted molar refractivity (Wildman–Crippen MR) is 89.7 cm³/mol. The predicted octanol–water partition coefficient (Wildman–Crippen LogP) is 0.944. The Bertz CT molecular complexity index is 894. The molecule has 0 aliphatic heterocycles. The number of aromatic hydroxyl groups is 2. The molecule has 0 atom stereocenters. The number of methoxy groups -OCH3 is 2. The summed E-state index contributed by atoms with van der Waals surface area (Å²) in [5, 5.41) is 20.1. The van der Waals surface area contributed by atoms with Gasteiger partial charge in [0.1, 0.15) is 0 Å². The van der Waals surface area contributed by atoms with Crippen molar-refractivity contribution in [3.8, 4) is 23.0 Å². The number of phenols is 2. The topological polar surface area (TPSA) is 130 Å². The summed E-state index contributed by atoms with van der Waals surface area (Å²) in [6.07, 6.45) is 0. The van der Waals surface area contributed by atoms with Gasteiger partial charge in [-0.15, -0.1) is 0 Å². The third kappa shape index (κ3) is 3.91. The molecule has 3 N–H and O–H groups in total. The van der Waals surface area contributed by atoms with Crippen LogP contribution in [0.3, 0.4) is 0 Å². The van der Waals surface area contributed by atoms with Crippen LogP contribution < -0.4 is 9.47 Å². The van der Waals surface area contributed by atoms with Gasteiger partial charge in [-0.3, -0.25) is 9.35 Å². The Balaban J connectivity index is 0.00000312. The van der Waals surface area contributed by atoms with Crippen molar-refractivity contribution in [1.29, 1.82) is 0 Å². The Labute approximate surface area is 166 Å². The zero-order chi connectivity index (χ0) is 18.1. The van der Waals surface area contributed by atoms with E-state index in [1.165, 1.54) is 24.3 Å². The summed E-state index contributed by atoms with van der Waals surface area (Å²) in [4.78, 5) is 11.6. The monoisotopic (exact) mass is 378 g/mol. The number of carbonyl (C=O) groups excluding carboxylic acids is 1. The van der Waals surface area contributed by atoms with E-state index in [9.17, 15) is 28.0 Å². The van der Waals surface area contributed by atoms with Gasteiger partial charge in [-0.1, -0.05) is 30.3 Å². The Morgan fingerprint density at radius 3 is 1.92 bits per heavy atom. The van der Waals surface area contributed by atoms with Crippen LogP contribution in [-0.2, 0) is 10.1 Å². The number of carbonyl (C=O) groups is 1. The first-order valence-electron chi connectivity index (χ1n) is 6.51. The molecular formula is C15H15NaO8S. The molecule has 8 nitrogen and oxygen atoms in total. The Hall–Kier alpha value is -1.78. The molecule has 0 spiro atoms. The van der Waals surface area contributed by atoms with Gasteiger partial charge in [0.15, 0.2) is 22.2 Å². The van der Waals surface area contributed by atoms with E-state index in [0.29, 0.717) is 0 Å². The fourth-order valence-electron chi connectivity index (χ4n) is 2.22. The second kappa shape index (κ2) is 8.07. The number of hydrogen-bond donors (Lipinski definition) is 3. The molecule has 0 bridgehead atoms. The van der Waals surface area contributed by atoms with Gasteiger partial charge in [-0.2, -0.15) is 8.42 Å². The molecule has 25 heavy (non-hydrogen) atoms. The third-order valence-corrected chi connectivity index (χ3v) is 4.15. The van der Waals surface area contributed by atoms with Gasteiger partial charge in [0.05, 0.1) is 19.8 Å². The van der Waals surface area contributed by atoms with Gasteiger partial charge in [0, 0.05) is 5.56 Å². The SMILES string of the molecule is COc1c(O)c(O)c(C(=O)c2ccccc2)c(S(=O)(=O)O)c1OC.[NaH]. The summed E-state index contributed by atoms with van der Waals surface area (Å²) in [6, 6.07) is 7.44. The quantitative estimate of drug-likeness (QED) is 0.303. The average Bonchev–Trinajstić information content (AvgIpc) is 2.55. The van der Waals surface area contributed by atoms with Crippen LogP contribution >= 0.6 is 0 Å². The molecule has 130 valence electrons. The maximum absolute atomic E-state index is 12.6. The number of phenolic OH excluding ortho intramolecular Hbond substituents is 2. The normalized spacial score (nSPS) is 10.7. The summed E-state index contributed by atoms with van der Waals surface area (Å²) in [5.74, 6) is -4.01. The zero-order valence-corrected chi connectivity index (χ0v) is 13.5. The molecule has 2 aromatic rings. The number of hydrogen-bond acceptors (Lipinski definition) is 7. The van der Waals surface area contributed by atoms with Crippen LogP contribution in [0.4, 0.5) is 0 Å². The van der Waals surface area contributed by atoms with Crippen molar-refractivity contribution in [3.05, 3.63) is 41.5 Å². The average molecular weight is 378 g/mol. The van der Waals surface area contributed by atoms with E-state index in [-0.39, 0.29) is 35.1 Å². The van der Waals surface area contributed by atoms with E-state index >= 15 is 0 Å². The van der Waals surface area contributed by atoms with Crippen LogP contribution in [0.5, 0.6) is 23.0 Å². The van der Waals surface area contributed by atoms with Crippen LogP contribution in [0.25, 0.3) is 0 Å². The van der Waals surface area contributed by atoms with Gasteiger partial charge in [-0.25, -0.2) is 0 Å². The molecule has 0 radical (unpaired) electrons. The summed E-state index contributed by atoms with van der Waals surface area (Å²) < 4.78 is 42.7. The second-order valence-corrected chi connectivity index (χ2v) is 6.00. The third-order valence-electron chi connectivity index (χ3n) is 3.24. The summed E-state index contributed by atoms with van der Waals surface area (Å²) >= 11 is 0. The Kier molecular flexibility index (Phi) is 6.86. The number of ketones is 1. The van der Waals surface area contributed by atoms with Crippen LogP contribution in [0.1, 0.15) is 15.9 Å². The van der Waals surface area contributed by atoms with Crippen LogP contribution in [0.15, 0.2) is 35.2 Å². The van der Waals surface area contributed by atoms with Crippen molar-refractivity contribution in [1.82, 2.24) is 0 Å². The molecule has 0 saturated heterocycles. The van der Waals surface area contributed by atoms with Gasteiger partial charge in [-0.05, 0) is 0 Å². The van der Waals surface area contributed by atoms with E-state index in [0.717, 1.165) is 14.2 Å². The van der Waals surface area contributed by atoms with Gasteiger partial charge in [0.2, 0.25) is 11.5 Å². The molecule has 0 aromatic heterocycles. The van der Waals surface area contributed by atoms with Crippen LogP contribution in [-0.4, -0.2) is 72.7 Å². The molecule has 2 aromatic carbocycles. The van der Waals surface area contributed by atoms with Crippen molar-refractivity contribution in [3.63, 3.8) is 0 Å². The summed E-state index contributed by atoms with van der Waals surface area (Å²) in [7, 11) is -2.86. The molecule has 10 heteroatoms. The first kappa shape index (κ1) is 21.3. The minimum absolute atomic E-state index is 0. The number of rotatable bonds is 5. The fraction of sp³-hybridized carbons (Fsp3) is 0.133. The fourth-order valence-corrected chi connectivity index (χ4v) is 3.08. The van der Waals surface area contributed by atoms with Crippen molar-refractivity contribution in [2.75, 3.05) is 14.2 Å². The van der Waals surface area contributed by atoms with Gasteiger partial charge < -0.3 is 19.7 Å². The molecule has 0 fully saturated rings. The Morgan fingerprint density at radius 1 is 0.960 bits per heavy atom. The van der Waals surface area contributed by atoms with E-state index in [4.69, 9.17) is 9.47 Å². The second-order valence-electron chi connectivity index (χ2n) is 4.64. The first-order valence-corrected chi connectivity index (χ1v) is 7.95. The molecular weight excluding hydrogens is 363 g/mol. The van der Waals surface area contributed by atoms with Crippen molar-refractivity contribution < 1.29 is 37.5 Å².